The van der Waals surface area contributed by atoms with Crippen LogP contribution in [0.5, 0.6) is 0 Å². The van der Waals surface area contributed by atoms with Crippen molar-refractivity contribution in [2.75, 3.05) is 11.9 Å². The van der Waals surface area contributed by atoms with Crippen LogP contribution in [-0.2, 0) is 6.18 Å². The highest BCUT2D eigenvalue weighted by Crippen LogP contribution is 2.71. The van der Waals surface area contributed by atoms with Gasteiger partial charge >= 0.3 is 6.18 Å². The van der Waals surface area contributed by atoms with E-state index >= 15 is 0 Å². The first-order valence-corrected chi connectivity index (χ1v) is 10.3. The molecule has 1 N–H and O–H groups in total. The average molecular weight is 441 g/mol. The summed E-state index contributed by atoms with van der Waals surface area (Å²) in [5.41, 5.74) is 0.120. The molecule has 0 radical (unpaired) electrons. The fourth-order valence-electron chi connectivity index (χ4n) is 5.44. The summed E-state index contributed by atoms with van der Waals surface area (Å²) in [5, 5.41) is 3.24. The Bertz CT molecular complexity index is 1180. The van der Waals surface area contributed by atoms with E-state index in [-0.39, 0.29) is 29.1 Å². The average Bonchev–Trinajstić information content (AvgIpc) is 3.14. The number of alkyl halides is 3. The summed E-state index contributed by atoms with van der Waals surface area (Å²) in [4.78, 5) is 27.7. The number of carbonyl (C=O) groups is 1. The highest BCUT2D eigenvalue weighted by atomic mass is 19.4. The highest BCUT2D eigenvalue weighted by Gasteiger charge is 2.75. The number of pyridine rings is 2. The Kier molecular flexibility index (Phi) is 3.94. The van der Waals surface area contributed by atoms with Crippen molar-refractivity contribution in [3.63, 3.8) is 0 Å². The van der Waals surface area contributed by atoms with Gasteiger partial charge in [-0.05, 0) is 48.4 Å². The first-order chi connectivity index (χ1) is 15.4. The molecule has 4 heterocycles. The Morgan fingerprint density at radius 3 is 2.75 bits per heavy atom. The van der Waals surface area contributed by atoms with Gasteiger partial charge in [0.2, 0.25) is 5.89 Å². The van der Waals surface area contributed by atoms with Crippen molar-refractivity contribution < 1.29 is 22.4 Å². The maximum atomic E-state index is 13.5. The molecular formula is C22H18F3N5O2. The quantitative estimate of drug-likeness (QED) is 0.662. The molecule has 3 aromatic heterocycles. The molecule has 1 spiro atoms. The summed E-state index contributed by atoms with van der Waals surface area (Å²) in [7, 11) is 0. The van der Waals surface area contributed by atoms with Crippen LogP contribution in [0.15, 0.2) is 53.5 Å². The molecule has 0 bridgehead atoms. The van der Waals surface area contributed by atoms with E-state index in [0.717, 1.165) is 25.1 Å². The number of piperidine rings is 1. The van der Waals surface area contributed by atoms with Crippen LogP contribution < -0.4 is 5.32 Å². The van der Waals surface area contributed by atoms with Crippen LogP contribution in [0.3, 0.4) is 0 Å². The van der Waals surface area contributed by atoms with Crippen LogP contribution in [0.2, 0.25) is 0 Å². The van der Waals surface area contributed by atoms with Gasteiger partial charge in [-0.25, -0.2) is 9.97 Å². The predicted octanol–water partition coefficient (Wildman–Crippen LogP) is 3.87. The minimum atomic E-state index is -4.43. The number of carbonyl (C=O) groups excluding carboxylic acids is 1. The lowest BCUT2D eigenvalue weighted by Crippen LogP contribution is -2.60. The molecule has 3 aliphatic rings. The van der Waals surface area contributed by atoms with Gasteiger partial charge < -0.3 is 14.6 Å². The number of likely N-dealkylation sites (tertiary alicyclic amines) is 1. The standard InChI is InChI=1S/C22H18F3N5O2/c23-22(24,25)12-3-4-16(28-10-12)29-15-9-21-8-13(21)11-30(18(15)21)20(31)17-14(2-1-5-26-17)19-27-6-7-32-19/h1-7,10,13,15,18H,8-9,11H2,(H,28,29). The Morgan fingerprint density at radius 2 is 2.03 bits per heavy atom. The fourth-order valence-corrected chi connectivity index (χ4v) is 5.44. The van der Waals surface area contributed by atoms with Gasteiger partial charge in [0.05, 0.1) is 23.4 Å². The first kappa shape index (κ1) is 19.3. The Balaban J connectivity index is 1.24. The van der Waals surface area contributed by atoms with Crippen molar-refractivity contribution >= 4 is 11.7 Å². The molecule has 3 aromatic rings. The number of hydrogen-bond acceptors (Lipinski definition) is 6. The third-order valence-corrected chi connectivity index (χ3v) is 6.96. The number of nitrogens with zero attached hydrogens (tertiary/aromatic N) is 4. The molecule has 2 aliphatic carbocycles. The van der Waals surface area contributed by atoms with Crippen LogP contribution >= 0.6 is 0 Å². The van der Waals surface area contributed by atoms with Crippen molar-refractivity contribution in [3.8, 4) is 11.5 Å². The van der Waals surface area contributed by atoms with E-state index in [4.69, 9.17) is 4.42 Å². The highest BCUT2D eigenvalue weighted by molar-refractivity contribution is 5.98. The van der Waals surface area contributed by atoms with E-state index in [1.54, 1.807) is 18.3 Å². The smallest absolute Gasteiger partial charge is 0.417 e. The second-order valence-electron chi connectivity index (χ2n) is 8.66. The monoisotopic (exact) mass is 441 g/mol. The number of nitrogens with one attached hydrogen (secondary N) is 1. The predicted molar refractivity (Wildman–Crippen MR) is 106 cm³/mol. The summed E-state index contributed by atoms with van der Waals surface area (Å²) in [6.07, 6.45) is 2.85. The number of aromatic nitrogens is 3. The number of halogens is 3. The summed E-state index contributed by atoms with van der Waals surface area (Å²) in [6, 6.07) is 5.69. The number of rotatable bonds is 4. The van der Waals surface area contributed by atoms with E-state index < -0.39 is 11.7 Å². The van der Waals surface area contributed by atoms with Crippen LogP contribution in [0.4, 0.5) is 19.0 Å². The van der Waals surface area contributed by atoms with Crippen molar-refractivity contribution in [3.05, 3.63) is 60.4 Å². The van der Waals surface area contributed by atoms with Gasteiger partial charge in [-0.1, -0.05) is 0 Å². The minimum absolute atomic E-state index is 0.0523. The number of amides is 1. The first-order valence-electron chi connectivity index (χ1n) is 10.3. The topological polar surface area (TPSA) is 84.2 Å². The van der Waals surface area contributed by atoms with Gasteiger partial charge in [0.15, 0.2) is 0 Å². The van der Waals surface area contributed by atoms with Crippen LogP contribution in [-0.4, -0.2) is 44.4 Å². The van der Waals surface area contributed by atoms with E-state index in [1.165, 1.54) is 18.5 Å². The molecule has 3 fully saturated rings. The molecule has 0 aromatic carbocycles. The van der Waals surface area contributed by atoms with E-state index in [1.807, 2.05) is 4.90 Å². The molecule has 32 heavy (non-hydrogen) atoms. The molecular weight excluding hydrogens is 423 g/mol. The number of oxazole rings is 1. The summed E-state index contributed by atoms with van der Waals surface area (Å²) in [6.45, 7) is 0.643. The van der Waals surface area contributed by atoms with E-state index in [0.29, 0.717) is 29.7 Å². The van der Waals surface area contributed by atoms with Crippen LogP contribution in [0, 0.1) is 11.3 Å². The van der Waals surface area contributed by atoms with Gasteiger partial charge in [0.25, 0.3) is 5.91 Å². The van der Waals surface area contributed by atoms with Crippen molar-refractivity contribution in [2.45, 2.75) is 31.1 Å². The maximum Gasteiger partial charge on any atom is 0.417 e. The lowest BCUT2D eigenvalue weighted by molar-refractivity contribution is -0.137. The Morgan fingerprint density at radius 1 is 1.16 bits per heavy atom. The molecule has 6 rings (SSSR count). The molecule has 4 atom stereocenters. The third-order valence-electron chi connectivity index (χ3n) is 6.96. The van der Waals surface area contributed by atoms with Crippen LogP contribution in [0.25, 0.3) is 11.5 Å². The molecule has 7 nitrogen and oxygen atoms in total. The zero-order chi connectivity index (χ0) is 22.1. The number of anilines is 1. The van der Waals surface area contributed by atoms with Crippen molar-refractivity contribution in [2.24, 2.45) is 11.3 Å². The lowest BCUT2D eigenvalue weighted by atomic mass is 9.71. The Hall–Kier alpha value is -3.43. The van der Waals surface area contributed by atoms with Gasteiger partial charge in [0.1, 0.15) is 17.8 Å². The second-order valence-corrected chi connectivity index (χ2v) is 8.66. The normalized spacial score (nSPS) is 28.0. The molecule has 164 valence electrons. The van der Waals surface area contributed by atoms with Crippen LogP contribution in [0.1, 0.15) is 28.9 Å². The molecule has 1 aliphatic heterocycles. The molecule has 1 saturated heterocycles. The summed E-state index contributed by atoms with van der Waals surface area (Å²) >= 11 is 0. The molecule has 10 heteroatoms. The molecule has 1 amide bonds. The zero-order valence-electron chi connectivity index (χ0n) is 16.7. The SMILES string of the molecule is O=C(c1ncccc1-c1ncco1)N1CC2CC23CC(Nc2ccc(C(F)(F)F)cn2)C13. The molecule has 4 unspecified atom stereocenters. The molecule has 2 saturated carbocycles. The third kappa shape index (κ3) is 2.81. The van der Waals surface area contributed by atoms with Gasteiger partial charge in [-0.15, -0.1) is 0 Å². The zero-order valence-corrected chi connectivity index (χ0v) is 16.7. The van der Waals surface area contributed by atoms with Crippen molar-refractivity contribution in [1.82, 2.24) is 19.9 Å². The summed E-state index contributed by atoms with van der Waals surface area (Å²) < 4.78 is 43.8. The van der Waals surface area contributed by atoms with E-state index in [9.17, 15) is 18.0 Å². The largest absolute Gasteiger partial charge is 0.444 e. The fraction of sp³-hybridized carbons (Fsp3) is 0.364. The van der Waals surface area contributed by atoms with Gasteiger partial charge in [0, 0.05) is 25.0 Å². The number of hydrogen-bond donors (Lipinski definition) is 1. The minimum Gasteiger partial charge on any atom is -0.444 e. The van der Waals surface area contributed by atoms with Gasteiger partial charge in [-0.2, -0.15) is 13.2 Å². The van der Waals surface area contributed by atoms with Gasteiger partial charge in [-0.3, -0.25) is 9.78 Å². The lowest BCUT2D eigenvalue weighted by Gasteiger charge is -2.48. The summed E-state index contributed by atoms with van der Waals surface area (Å²) in [5.74, 6) is 0.955. The Labute approximate surface area is 180 Å². The van der Waals surface area contributed by atoms with Crippen molar-refractivity contribution in [1.29, 1.82) is 0 Å². The maximum absolute atomic E-state index is 13.5. The van der Waals surface area contributed by atoms with E-state index in [2.05, 4.69) is 20.3 Å². The second kappa shape index (κ2) is 6.54.